The minimum atomic E-state index is 1.10. The molecule has 9 heavy (non-hydrogen) atoms. The zero-order valence-electron chi connectivity index (χ0n) is 5.86. The highest BCUT2D eigenvalue weighted by Crippen LogP contribution is 2.01. The predicted molar refractivity (Wildman–Crippen MR) is 49.3 cm³/mol. The van der Waals surface area contributed by atoms with E-state index in [0.29, 0.717) is 0 Å². The Morgan fingerprint density at radius 2 is 2.11 bits per heavy atom. The Morgan fingerprint density at radius 1 is 1.44 bits per heavy atom. The van der Waals surface area contributed by atoms with Gasteiger partial charge in [-0.25, -0.2) is 0 Å². The summed E-state index contributed by atoms with van der Waals surface area (Å²) in [5.41, 5.74) is 2.43. The van der Waals surface area contributed by atoms with Gasteiger partial charge in [0.25, 0.3) is 0 Å². The molecule has 0 fully saturated rings. The van der Waals surface area contributed by atoms with Crippen molar-refractivity contribution in [3.05, 3.63) is 0 Å². The lowest BCUT2D eigenvalue weighted by atomic mass is 9.88. The molecule has 0 aliphatic carbocycles. The number of hydrogen-bond donors (Lipinski definition) is 1. The van der Waals surface area contributed by atoms with Gasteiger partial charge in [-0.3, -0.25) is 5.10 Å². The van der Waals surface area contributed by atoms with Crippen molar-refractivity contribution in [2.24, 2.45) is 0 Å². The van der Waals surface area contributed by atoms with Crippen LogP contribution < -0.4 is 11.1 Å². The summed E-state index contributed by atoms with van der Waals surface area (Å²) in [4.78, 5) is 0. The van der Waals surface area contributed by atoms with Crippen LogP contribution in [0.5, 0.6) is 0 Å². The van der Waals surface area contributed by atoms with E-state index in [2.05, 4.69) is 18.0 Å². The molecule has 0 aliphatic rings. The molecule has 0 saturated carbocycles. The number of aromatic amines is 1. The van der Waals surface area contributed by atoms with Gasteiger partial charge < -0.3 is 0 Å². The highest BCUT2D eigenvalue weighted by Gasteiger charge is 2.00. The summed E-state index contributed by atoms with van der Waals surface area (Å²) >= 11 is 1.67. The monoisotopic (exact) mass is 136 g/mol. The maximum atomic E-state index is 4.07. The Morgan fingerprint density at radius 3 is 2.33 bits per heavy atom. The van der Waals surface area contributed by atoms with E-state index in [1.54, 1.807) is 11.6 Å². The van der Waals surface area contributed by atoms with Crippen LogP contribution in [0.2, 0.25) is 0 Å². The molecule has 0 unspecified atom stereocenters. The molecule has 6 heteroatoms. The Bertz CT molecular complexity index is 211. The second kappa shape index (κ2) is 2.56. The predicted octanol–water partition coefficient (Wildman–Crippen LogP) is -3.43. The number of hydrogen-bond acceptors (Lipinski definition) is 2. The van der Waals surface area contributed by atoms with Gasteiger partial charge in [0.15, 0.2) is 15.0 Å². The van der Waals surface area contributed by atoms with Crippen molar-refractivity contribution in [3.8, 4) is 0 Å². The fourth-order valence-corrected chi connectivity index (χ4v) is 1.26. The molecule has 0 bridgehead atoms. The smallest absolute Gasteiger partial charge is 0.182 e. The maximum Gasteiger partial charge on any atom is 0.182 e. The van der Waals surface area contributed by atoms with Crippen molar-refractivity contribution in [2.45, 2.75) is 5.03 Å². The van der Waals surface area contributed by atoms with Crippen LogP contribution in [0.1, 0.15) is 0 Å². The van der Waals surface area contributed by atoms with Gasteiger partial charge in [-0.15, -0.1) is 0 Å². The number of H-pyrrole nitrogens is 1. The molecule has 0 aromatic carbocycles. The van der Waals surface area contributed by atoms with E-state index in [9.17, 15) is 0 Å². The quantitative estimate of drug-likeness (QED) is 0.406. The minimum Gasteiger partial charge on any atom is -0.292 e. The van der Waals surface area contributed by atoms with Crippen LogP contribution in [0.15, 0.2) is 5.03 Å². The average molecular weight is 136 g/mol. The Balaban J connectivity index is 3.04. The van der Waals surface area contributed by atoms with Crippen molar-refractivity contribution >= 4 is 45.5 Å². The van der Waals surface area contributed by atoms with Crippen LogP contribution in [0.3, 0.4) is 0 Å². The molecule has 1 aromatic rings. The normalized spacial score (nSPS) is 9.78. The molecule has 1 heterocycles. The van der Waals surface area contributed by atoms with Crippen molar-refractivity contribution < 1.29 is 0 Å². The Labute approximate surface area is 61.3 Å². The van der Waals surface area contributed by atoms with E-state index >= 15 is 0 Å². The van der Waals surface area contributed by atoms with Crippen molar-refractivity contribution in [3.63, 3.8) is 0 Å². The summed E-state index contributed by atoms with van der Waals surface area (Å²) in [6.07, 6.45) is 0. The van der Waals surface area contributed by atoms with Crippen molar-refractivity contribution in [1.82, 2.24) is 10.2 Å². The minimum absolute atomic E-state index is 1.10. The molecule has 1 aromatic heterocycles. The van der Waals surface area contributed by atoms with Crippen LogP contribution in [-0.4, -0.2) is 33.0 Å². The largest absolute Gasteiger partial charge is 0.292 e. The molecule has 0 radical (unpaired) electrons. The molecule has 1 rings (SSSR count). The third-order valence-electron chi connectivity index (χ3n) is 1.40. The molecular formula is C3H7B3N2S. The highest BCUT2D eigenvalue weighted by atomic mass is 32.2. The number of aromatic nitrogens is 2. The van der Waals surface area contributed by atoms with Gasteiger partial charge in [0.05, 0.1) is 5.03 Å². The lowest BCUT2D eigenvalue weighted by Crippen LogP contribution is -2.24. The Hall–Kier alpha value is -0.245. The molecule has 0 aliphatic heterocycles. The summed E-state index contributed by atoms with van der Waals surface area (Å²) in [7, 11) is 6.13. The number of nitrogens with one attached hydrogen (secondary N) is 1. The third-order valence-corrected chi connectivity index (χ3v) is 2.19. The van der Waals surface area contributed by atoms with Crippen LogP contribution >= 0.6 is 11.6 Å². The first kappa shape index (κ1) is 6.87. The number of rotatable bonds is 1. The molecule has 0 amide bonds. The fourth-order valence-electron chi connectivity index (χ4n) is 0.661. The van der Waals surface area contributed by atoms with E-state index in [1.165, 1.54) is 11.1 Å². The Kier molecular flexibility index (Phi) is 1.95. The first-order valence-electron chi connectivity index (χ1n) is 2.81. The van der Waals surface area contributed by atoms with Gasteiger partial charge in [0.2, 0.25) is 0 Å². The molecule has 0 saturated heterocycles. The lowest BCUT2D eigenvalue weighted by molar-refractivity contribution is 1.02. The summed E-state index contributed by atoms with van der Waals surface area (Å²) in [5.74, 6) is 0. The fraction of sp³-hybridized carbons (Fsp3) is 0. The molecular weight excluding hydrogens is 129 g/mol. The van der Waals surface area contributed by atoms with Crippen LogP contribution in [0, 0.1) is 0 Å². The van der Waals surface area contributed by atoms with E-state index in [4.69, 9.17) is 0 Å². The van der Waals surface area contributed by atoms with Gasteiger partial charge in [0.1, 0.15) is 7.85 Å². The summed E-state index contributed by atoms with van der Waals surface area (Å²) in [5, 5.41) is 8.09. The summed E-state index contributed by atoms with van der Waals surface area (Å²) in [6, 6.07) is 0. The van der Waals surface area contributed by atoms with Crippen LogP contribution in [0.4, 0.5) is 0 Å². The summed E-state index contributed by atoms with van der Waals surface area (Å²) < 4.78 is 0. The first-order chi connectivity index (χ1) is 4.25. The standard InChI is InChI=1S/C3H7B3N2S/c4-1-2(5)7-8-3(1)9-6/h4-6H2,(H,7,8). The second-order valence-corrected chi connectivity index (χ2v) is 2.78. The van der Waals surface area contributed by atoms with Crippen molar-refractivity contribution in [1.29, 1.82) is 0 Å². The number of nitrogens with zero attached hydrogens (tertiary/aromatic N) is 1. The maximum absolute atomic E-state index is 4.07. The van der Waals surface area contributed by atoms with Crippen molar-refractivity contribution in [2.75, 3.05) is 0 Å². The first-order valence-corrected chi connectivity index (χ1v) is 4.03. The molecule has 44 valence electrons. The average Bonchev–Trinajstić information content (AvgIpc) is 2.15. The topological polar surface area (TPSA) is 28.7 Å². The second-order valence-electron chi connectivity index (χ2n) is 1.98. The lowest BCUT2D eigenvalue weighted by Gasteiger charge is -1.88. The van der Waals surface area contributed by atoms with Gasteiger partial charge >= 0.3 is 0 Å². The molecule has 1 N–H and O–H groups in total. The highest BCUT2D eigenvalue weighted by molar-refractivity contribution is 8.19. The van der Waals surface area contributed by atoms with E-state index in [-0.39, 0.29) is 0 Å². The van der Waals surface area contributed by atoms with Gasteiger partial charge in [-0.05, 0) is 11.1 Å². The molecule has 2 nitrogen and oxygen atoms in total. The van der Waals surface area contributed by atoms with E-state index in [1.807, 2.05) is 15.0 Å². The van der Waals surface area contributed by atoms with E-state index in [0.717, 1.165) is 5.03 Å². The van der Waals surface area contributed by atoms with E-state index < -0.39 is 0 Å². The van der Waals surface area contributed by atoms with Gasteiger partial charge in [0, 0.05) is 0 Å². The SMILES string of the molecule is BSc1n[nH]c(B)c1B. The zero-order chi connectivity index (χ0) is 6.85. The summed E-state index contributed by atoms with van der Waals surface area (Å²) in [6.45, 7) is 0. The van der Waals surface area contributed by atoms with Gasteiger partial charge in [-0.1, -0.05) is 0 Å². The van der Waals surface area contributed by atoms with Gasteiger partial charge in [-0.2, -0.15) is 16.7 Å². The third kappa shape index (κ3) is 1.18. The molecule has 0 spiro atoms. The van der Waals surface area contributed by atoms with Crippen LogP contribution in [-0.2, 0) is 0 Å². The molecule has 0 atom stereocenters. The van der Waals surface area contributed by atoms with Crippen LogP contribution in [0.25, 0.3) is 0 Å². The zero-order valence-corrected chi connectivity index (χ0v) is 6.67.